The summed E-state index contributed by atoms with van der Waals surface area (Å²) in [6, 6.07) is 3.27. The van der Waals surface area contributed by atoms with Gasteiger partial charge in [-0.3, -0.25) is 10.1 Å². The van der Waals surface area contributed by atoms with Gasteiger partial charge in [0.1, 0.15) is 0 Å². The zero-order valence-electron chi connectivity index (χ0n) is 11.7. The molecular weight excluding hydrogens is 283 g/mol. The molecule has 0 saturated carbocycles. The molecule has 0 saturated heterocycles. The molecule has 8 heteroatoms. The Hall–Kier alpha value is -2.69. The molecule has 21 heavy (non-hydrogen) atoms. The summed E-state index contributed by atoms with van der Waals surface area (Å²) in [4.78, 5) is 22.1. The fourth-order valence-electron chi connectivity index (χ4n) is 1.74. The Bertz CT molecular complexity index is 626. The second-order valence-electron chi connectivity index (χ2n) is 4.22. The van der Waals surface area contributed by atoms with Crippen LogP contribution in [0.3, 0.4) is 0 Å². The van der Waals surface area contributed by atoms with Crippen LogP contribution in [0.2, 0.25) is 0 Å². The Balaban J connectivity index is 3.62. The van der Waals surface area contributed by atoms with Crippen molar-refractivity contribution in [1.82, 2.24) is 0 Å². The molecule has 0 aliphatic carbocycles. The number of halogens is 1. The van der Waals surface area contributed by atoms with Gasteiger partial charge in [0.2, 0.25) is 0 Å². The fraction of sp³-hybridized carbons (Fsp3) is 0.385. The summed E-state index contributed by atoms with van der Waals surface area (Å²) in [6.07, 6.45) is 0. The minimum Gasteiger partial charge on any atom is -0.494 e. The van der Waals surface area contributed by atoms with Gasteiger partial charge < -0.3 is 9.47 Å². The topological polar surface area (TPSA) is 102 Å². The number of nitro groups is 1. The van der Waals surface area contributed by atoms with Crippen molar-refractivity contribution < 1.29 is 23.6 Å². The standard InChI is InChI=1S/C13H13FN2O5/c1-4-21-12(17)13(2,7-15)8-5-11(20-3)9(14)6-10(8)16(18)19/h5-6H,4H2,1-3H3. The van der Waals surface area contributed by atoms with Crippen LogP contribution in [-0.4, -0.2) is 24.6 Å². The molecule has 0 radical (unpaired) electrons. The lowest BCUT2D eigenvalue weighted by Gasteiger charge is -2.20. The van der Waals surface area contributed by atoms with Crippen LogP contribution in [0.1, 0.15) is 19.4 Å². The van der Waals surface area contributed by atoms with Gasteiger partial charge >= 0.3 is 5.97 Å². The van der Waals surface area contributed by atoms with Crippen molar-refractivity contribution in [3.63, 3.8) is 0 Å². The predicted octanol–water partition coefficient (Wildman–Crippen LogP) is 2.09. The van der Waals surface area contributed by atoms with Crippen LogP contribution in [0.4, 0.5) is 10.1 Å². The minimum absolute atomic E-state index is 0.00221. The van der Waals surface area contributed by atoms with Crippen molar-refractivity contribution in [3.05, 3.63) is 33.6 Å². The first-order valence-electron chi connectivity index (χ1n) is 5.92. The molecule has 0 aliphatic heterocycles. The minimum atomic E-state index is -1.95. The second-order valence-corrected chi connectivity index (χ2v) is 4.22. The maximum Gasteiger partial charge on any atom is 0.331 e. The van der Waals surface area contributed by atoms with Crippen LogP contribution in [0.5, 0.6) is 5.75 Å². The quantitative estimate of drug-likeness (QED) is 0.468. The molecule has 0 amide bonds. The molecule has 0 bridgehead atoms. The summed E-state index contributed by atoms with van der Waals surface area (Å²) in [5.41, 5.74) is -2.92. The van der Waals surface area contributed by atoms with E-state index in [9.17, 15) is 24.6 Å². The summed E-state index contributed by atoms with van der Waals surface area (Å²) in [7, 11) is 1.17. The summed E-state index contributed by atoms with van der Waals surface area (Å²) in [6.45, 7) is 2.71. The summed E-state index contributed by atoms with van der Waals surface area (Å²) in [5, 5.41) is 20.3. The van der Waals surface area contributed by atoms with E-state index in [1.807, 2.05) is 0 Å². The van der Waals surface area contributed by atoms with Crippen LogP contribution < -0.4 is 4.74 Å². The molecule has 0 fully saturated rings. The maximum atomic E-state index is 13.6. The van der Waals surface area contributed by atoms with Crippen LogP contribution in [-0.2, 0) is 14.9 Å². The monoisotopic (exact) mass is 296 g/mol. The number of esters is 1. The normalized spacial score (nSPS) is 12.9. The van der Waals surface area contributed by atoms with Gasteiger partial charge in [-0.25, -0.2) is 9.18 Å². The van der Waals surface area contributed by atoms with Crippen molar-refractivity contribution in [2.45, 2.75) is 19.3 Å². The third-order valence-corrected chi connectivity index (χ3v) is 2.91. The highest BCUT2D eigenvalue weighted by Gasteiger charge is 2.43. The van der Waals surface area contributed by atoms with E-state index in [4.69, 9.17) is 9.47 Å². The van der Waals surface area contributed by atoms with Crippen LogP contribution in [0.25, 0.3) is 0 Å². The Morgan fingerprint density at radius 3 is 2.62 bits per heavy atom. The van der Waals surface area contributed by atoms with Crippen molar-refractivity contribution in [2.75, 3.05) is 13.7 Å². The highest BCUT2D eigenvalue weighted by molar-refractivity contribution is 5.88. The number of methoxy groups -OCH3 is 1. The van der Waals surface area contributed by atoms with E-state index in [1.165, 1.54) is 21.0 Å². The molecule has 0 aliphatic rings. The number of nitriles is 1. The van der Waals surface area contributed by atoms with Gasteiger partial charge in [-0.1, -0.05) is 0 Å². The number of rotatable bonds is 5. The molecule has 0 N–H and O–H groups in total. The predicted molar refractivity (Wildman–Crippen MR) is 69.2 cm³/mol. The molecule has 112 valence electrons. The van der Waals surface area contributed by atoms with Gasteiger partial charge in [0, 0.05) is 0 Å². The Kier molecular flexibility index (Phi) is 4.81. The molecule has 0 spiro atoms. The Morgan fingerprint density at radius 1 is 1.57 bits per heavy atom. The fourth-order valence-corrected chi connectivity index (χ4v) is 1.74. The number of nitrogens with zero attached hydrogens (tertiary/aromatic N) is 2. The smallest absolute Gasteiger partial charge is 0.331 e. The van der Waals surface area contributed by atoms with Gasteiger partial charge in [0.25, 0.3) is 5.69 Å². The largest absolute Gasteiger partial charge is 0.494 e. The maximum absolute atomic E-state index is 13.6. The Morgan fingerprint density at radius 2 is 2.19 bits per heavy atom. The van der Waals surface area contributed by atoms with Crippen LogP contribution in [0.15, 0.2) is 12.1 Å². The van der Waals surface area contributed by atoms with Crippen LogP contribution >= 0.6 is 0 Å². The van der Waals surface area contributed by atoms with E-state index in [-0.39, 0.29) is 17.9 Å². The zero-order chi connectivity index (χ0) is 16.2. The lowest BCUT2D eigenvalue weighted by molar-refractivity contribution is -0.386. The van der Waals surface area contributed by atoms with E-state index in [0.717, 1.165) is 6.07 Å². The molecule has 1 atom stereocenters. The molecule has 0 heterocycles. The molecule has 1 aromatic carbocycles. The molecule has 0 aromatic heterocycles. The van der Waals surface area contributed by atoms with Crippen LogP contribution in [0, 0.1) is 27.3 Å². The van der Waals surface area contributed by atoms with Crippen molar-refractivity contribution >= 4 is 11.7 Å². The van der Waals surface area contributed by atoms with Crippen molar-refractivity contribution in [3.8, 4) is 11.8 Å². The number of nitro benzene ring substituents is 1. The van der Waals surface area contributed by atoms with E-state index < -0.39 is 27.8 Å². The first-order valence-corrected chi connectivity index (χ1v) is 5.92. The van der Waals surface area contributed by atoms with Gasteiger partial charge in [-0.15, -0.1) is 0 Å². The van der Waals surface area contributed by atoms with Crippen molar-refractivity contribution in [1.29, 1.82) is 5.26 Å². The number of hydrogen-bond acceptors (Lipinski definition) is 6. The highest BCUT2D eigenvalue weighted by atomic mass is 19.1. The van der Waals surface area contributed by atoms with Gasteiger partial charge in [0.05, 0.1) is 36.3 Å². The number of hydrogen-bond donors (Lipinski definition) is 0. The van der Waals surface area contributed by atoms with Gasteiger partial charge in [0.15, 0.2) is 17.0 Å². The average molecular weight is 296 g/mol. The Labute approximate surface area is 120 Å². The van der Waals surface area contributed by atoms with Gasteiger partial charge in [-0.2, -0.15) is 5.26 Å². The lowest BCUT2D eigenvalue weighted by atomic mass is 9.82. The first kappa shape index (κ1) is 16.4. The SMILES string of the molecule is CCOC(=O)C(C)(C#N)c1cc(OC)c(F)cc1[N+](=O)[O-]. The molecule has 1 unspecified atom stereocenters. The lowest BCUT2D eigenvalue weighted by Crippen LogP contribution is -2.33. The van der Waals surface area contributed by atoms with Crippen molar-refractivity contribution in [2.24, 2.45) is 0 Å². The molecule has 1 rings (SSSR count). The third-order valence-electron chi connectivity index (χ3n) is 2.91. The van der Waals surface area contributed by atoms with E-state index in [1.54, 1.807) is 6.07 Å². The third kappa shape index (κ3) is 2.91. The first-order chi connectivity index (χ1) is 9.81. The number of carbonyl (C=O) groups is 1. The zero-order valence-corrected chi connectivity index (χ0v) is 11.7. The number of carbonyl (C=O) groups excluding carboxylic acids is 1. The number of ether oxygens (including phenoxy) is 2. The summed E-state index contributed by atoms with van der Waals surface area (Å²) >= 11 is 0. The van der Waals surface area contributed by atoms with E-state index >= 15 is 0 Å². The molecular formula is C13H13FN2O5. The number of benzene rings is 1. The summed E-state index contributed by atoms with van der Waals surface area (Å²) in [5.74, 6) is -2.22. The highest BCUT2D eigenvalue weighted by Crippen LogP contribution is 2.36. The van der Waals surface area contributed by atoms with E-state index in [2.05, 4.69) is 0 Å². The second kappa shape index (κ2) is 6.17. The van der Waals surface area contributed by atoms with Gasteiger partial charge in [-0.05, 0) is 19.9 Å². The van der Waals surface area contributed by atoms with E-state index in [0.29, 0.717) is 6.07 Å². The average Bonchev–Trinajstić information content (AvgIpc) is 2.46. The molecule has 1 aromatic rings. The molecule has 7 nitrogen and oxygen atoms in total. The summed E-state index contributed by atoms with van der Waals surface area (Å²) < 4.78 is 23.1.